The quantitative estimate of drug-likeness (QED) is 0.723. The summed E-state index contributed by atoms with van der Waals surface area (Å²) in [4.78, 5) is 23.4. The third-order valence-corrected chi connectivity index (χ3v) is 2.18. The zero-order valence-electron chi connectivity index (χ0n) is 9.80. The molecular weight excluding hydrogens is 232 g/mol. The summed E-state index contributed by atoms with van der Waals surface area (Å²) in [6.07, 6.45) is 5.09. The van der Waals surface area contributed by atoms with Gasteiger partial charge in [0, 0.05) is 5.69 Å². The number of rotatable bonds is 6. The van der Waals surface area contributed by atoms with E-state index in [9.17, 15) is 9.59 Å². The molecule has 0 unspecified atom stereocenters. The van der Waals surface area contributed by atoms with Crippen molar-refractivity contribution in [1.29, 1.82) is 0 Å². The van der Waals surface area contributed by atoms with E-state index in [1.807, 2.05) is 30.3 Å². The van der Waals surface area contributed by atoms with Crippen LogP contribution in [0.5, 0.6) is 0 Å². The SMILES string of the molecule is C#CCN(CC(=O)O)C(=O)CNc1ccccc1. The summed E-state index contributed by atoms with van der Waals surface area (Å²) in [5.74, 6) is 0.833. The number of terminal acetylenes is 1. The number of carbonyl (C=O) groups is 2. The summed E-state index contributed by atoms with van der Waals surface area (Å²) in [6, 6.07) is 9.17. The summed E-state index contributed by atoms with van der Waals surface area (Å²) in [5, 5.41) is 11.6. The molecule has 0 atom stereocenters. The molecule has 1 aromatic rings. The molecule has 1 aromatic carbocycles. The summed E-state index contributed by atoms with van der Waals surface area (Å²) < 4.78 is 0. The lowest BCUT2D eigenvalue weighted by Gasteiger charge is -2.18. The summed E-state index contributed by atoms with van der Waals surface area (Å²) in [5.41, 5.74) is 0.793. The number of aliphatic carboxylic acids is 1. The maximum atomic E-state index is 11.7. The molecule has 18 heavy (non-hydrogen) atoms. The van der Waals surface area contributed by atoms with Gasteiger partial charge in [0.05, 0.1) is 13.1 Å². The molecule has 0 aromatic heterocycles. The molecule has 0 radical (unpaired) electrons. The van der Waals surface area contributed by atoms with Gasteiger partial charge in [0.1, 0.15) is 6.54 Å². The number of carboxylic acids is 1. The normalized spacial score (nSPS) is 9.28. The molecule has 5 nitrogen and oxygen atoms in total. The Labute approximate surface area is 105 Å². The first kappa shape index (κ1) is 13.6. The molecular formula is C13H14N2O3. The average Bonchev–Trinajstić information content (AvgIpc) is 2.36. The van der Waals surface area contributed by atoms with Gasteiger partial charge in [-0.1, -0.05) is 24.1 Å². The predicted octanol–water partition coefficient (Wildman–Crippen LogP) is 0.645. The number of para-hydroxylation sites is 1. The number of amides is 1. The van der Waals surface area contributed by atoms with Crippen molar-refractivity contribution in [2.24, 2.45) is 0 Å². The molecule has 0 spiro atoms. The second-order valence-corrected chi connectivity index (χ2v) is 3.57. The molecule has 1 rings (SSSR count). The van der Waals surface area contributed by atoms with E-state index >= 15 is 0 Å². The first-order valence-electron chi connectivity index (χ1n) is 5.35. The highest BCUT2D eigenvalue weighted by molar-refractivity contribution is 5.84. The molecule has 0 heterocycles. The first-order valence-corrected chi connectivity index (χ1v) is 5.35. The smallest absolute Gasteiger partial charge is 0.323 e. The molecule has 0 bridgehead atoms. The second-order valence-electron chi connectivity index (χ2n) is 3.57. The second kappa shape index (κ2) is 6.97. The molecule has 0 saturated heterocycles. The minimum atomic E-state index is -1.08. The molecule has 2 N–H and O–H groups in total. The molecule has 0 saturated carbocycles. The number of hydrogen-bond acceptors (Lipinski definition) is 3. The number of benzene rings is 1. The van der Waals surface area contributed by atoms with Crippen LogP contribution in [0, 0.1) is 12.3 Å². The Bertz CT molecular complexity index is 451. The van der Waals surface area contributed by atoms with Crippen LogP contribution in [-0.2, 0) is 9.59 Å². The van der Waals surface area contributed by atoms with Crippen molar-refractivity contribution in [1.82, 2.24) is 4.90 Å². The van der Waals surface area contributed by atoms with Gasteiger partial charge in [-0.15, -0.1) is 6.42 Å². The minimum absolute atomic E-state index is 0.0123. The Kier molecular flexibility index (Phi) is 5.26. The van der Waals surface area contributed by atoms with Crippen molar-refractivity contribution in [2.45, 2.75) is 0 Å². The lowest BCUT2D eigenvalue weighted by atomic mass is 10.3. The monoisotopic (exact) mass is 246 g/mol. The fourth-order valence-corrected chi connectivity index (χ4v) is 1.35. The van der Waals surface area contributed by atoms with Gasteiger partial charge in [-0.05, 0) is 12.1 Å². The third kappa shape index (κ3) is 4.58. The van der Waals surface area contributed by atoms with E-state index in [0.717, 1.165) is 10.6 Å². The lowest BCUT2D eigenvalue weighted by Crippen LogP contribution is -2.39. The maximum Gasteiger partial charge on any atom is 0.323 e. The van der Waals surface area contributed by atoms with E-state index in [-0.39, 0.29) is 25.5 Å². The lowest BCUT2D eigenvalue weighted by molar-refractivity contribution is -0.143. The van der Waals surface area contributed by atoms with Crippen molar-refractivity contribution in [3.05, 3.63) is 30.3 Å². The van der Waals surface area contributed by atoms with E-state index < -0.39 is 5.97 Å². The fraction of sp³-hybridized carbons (Fsp3) is 0.231. The summed E-state index contributed by atoms with van der Waals surface area (Å²) >= 11 is 0. The van der Waals surface area contributed by atoms with Crippen molar-refractivity contribution < 1.29 is 14.7 Å². The molecule has 0 aliphatic carbocycles. The van der Waals surface area contributed by atoms with E-state index in [1.54, 1.807) is 0 Å². The highest BCUT2D eigenvalue weighted by Gasteiger charge is 2.15. The van der Waals surface area contributed by atoms with E-state index in [0.29, 0.717) is 0 Å². The summed E-state index contributed by atoms with van der Waals surface area (Å²) in [6.45, 7) is -0.389. The van der Waals surface area contributed by atoms with Gasteiger partial charge in [0.2, 0.25) is 5.91 Å². The van der Waals surface area contributed by atoms with Crippen LogP contribution in [0.15, 0.2) is 30.3 Å². The Morgan fingerprint density at radius 1 is 1.33 bits per heavy atom. The maximum absolute atomic E-state index is 11.7. The highest BCUT2D eigenvalue weighted by Crippen LogP contribution is 2.04. The van der Waals surface area contributed by atoms with Crippen molar-refractivity contribution in [2.75, 3.05) is 25.0 Å². The van der Waals surface area contributed by atoms with Crippen LogP contribution in [-0.4, -0.2) is 41.5 Å². The standard InChI is InChI=1S/C13H14N2O3/c1-2-8-15(10-13(17)18)12(16)9-14-11-6-4-3-5-7-11/h1,3-7,14H,8-10H2,(H,17,18). The van der Waals surface area contributed by atoms with Crippen LogP contribution in [0.2, 0.25) is 0 Å². The van der Waals surface area contributed by atoms with Gasteiger partial charge in [-0.2, -0.15) is 0 Å². The van der Waals surface area contributed by atoms with Gasteiger partial charge in [0.25, 0.3) is 0 Å². The topological polar surface area (TPSA) is 69.6 Å². The van der Waals surface area contributed by atoms with Gasteiger partial charge in [-0.25, -0.2) is 0 Å². The number of hydrogen-bond donors (Lipinski definition) is 2. The van der Waals surface area contributed by atoms with Crippen LogP contribution in [0.3, 0.4) is 0 Å². The summed E-state index contributed by atoms with van der Waals surface area (Å²) in [7, 11) is 0. The highest BCUT2D eigenvalue weighted by atomic mass is 16.4. The zero-order chi connectivity index (χ0) is 13.4. The van der Waals surface area contributed by atoms with Crippen LogP contribution in [0.25, 0.3) is 0 Å². The largest absolute Gasteiger partial charge is 0.480 e. The number of carbonyl (C=O) groups excluding carboxylic acids is 1. The van der Waals surface area contributed by atoms with Crippen molar-refractivity contribution >= 4 is 17.6 Å². The number of carboxylic acid groups (broad SMARTS) is 1. The number of nitrogens with zero attached hydrogens (tertiary/aromatic N) is 1. The van der Waals surface area contributed by atoms with Crippen LogP contribution >= 0.6 is 0 Å². The minimum Gasteiger partial charge on any atom is -0.480 e. The first-order chi connectivity index (χ1) is 8.63. The Morgan fingerprint density at radius 3 is 2.56 bits per heavy atom. The van der Waals surface area contributed by atoms with Crippen LogP contribution in [0.1, 0.15) is 0 Å². The molecule has 1 amide bonds. The average molecular weight is 246 g/mol. The van der Waals surface area contributed by atoms with Crippen molar-refractivity contribution in [3.63, 3.8) is 0 Å². The zero-order valence-corrected chi connectivity index (χ0v) is 9.80. The molecule has 94 valence electrons. The van der Waals surface area contributed by atoms with Crippen LogP contribution in [0.4, 0.5) is 5.69 Å². The van der Waals surface area contributed by atoms with Gasteiger partial charge >= 0.3 is 5.97 Å². The Balaban J connectivity index is 2.52. The van der Waals surface area contributed by atoms with Crippen molar-refractivity contribution in [3.8, 4) is 12.3 Å². The predicted molar refractivity (Wildman–Crippen MR) is 68.0 cm³/mol. The molecule has 0 aliphatic rings. The van der Waals surface area contributed by atoms with Gasteiger partial charge in [0.15, 0.2) is 0 Å². The Morgan fingerprint density at radius 2 is 2.00 bits per heavy atom. The van der Waals surface area contributed by atoms with Gasteiger partial charge in [-0.3, -0.25) is 9.59 Å². The van der Waals surface area contributed by atoms with E-state index in [4.69, 9.17) is 11.5 Å². The Hall–Kier alpha value is -2.48. The molecule has 0 aliphatic heterocycles. The van der Waals surface area contributed by atoms with E-state index in [1.165, 1.54) is 0 Å². The number of nitrogens with one attached hydrogen (secondary N) is 1. The number of anilines is 1. The molecule has 5 heteroatoms. The van der Waals surface area contributed by atoms with Crippen LogP contribution < -0.4 is 5.32 Å². The van der Waals surface area contributed by atoms with Gasteiger partial charge < -0.3 is 15.3 Å². The molecule has 0 fully saturated rings. The third-order valence-electron chi connectivity index (χ3n) is 2.18. The fourth-order valence-electron chi connectivity index (χ4n) is 1.35. The van der Waals surface area contributed by atoms with E-state index in [2.05, 4.69) is 11.2 Å².